The Balaban J connectivity index is 1.73. The van der Waals surface area contributed by atoms with Crippen LogP contribution in [0.2, 0.25) is 5.28 Å². The number of rotatable bonds is 6. The van der Waals surface area contributed by atoms with E-state index in [2.05, 4.69) is 25.6 Å². The number of carbonyl (C=O) groups is 1. The molecule has 160 valence electrons. The molecular formula is C20H23ClFN5O2S. The fourth-order valence-electron chi connectivity index (χ4n) is 2.76. The Morgan fingerprint density at radius 3 is 2.83 bits per heavy atom. The summed E-state index contributed by atoms with van der Waals surface area (Å²) in [4.78, 5) is 25.2. The quantitative estimate of drug-likeness (QED) is 0.515. The molecule has 30 heavy (non-hydrogen) atoms. The van der Waals surface area contributed by atoms with Crippen molar-refractivity contribution >= 4 is 45.1 Å². The van der Waals surface area contributed by atoms with Gasteiger partial charge >= 0.3 is 6.09 Å². The van der Waals surface area contributed by atoms with Crippen LogP contribution in [0, 0.1) is 5.82 Å². The van der Waals surface area contributed by atoms with Crippen molar-refractivity contribution in [2.24, 2.45) is 0 Å². The van der Waals surface area contributed by atoms with Gasteiger partial charge in [-0.05, 0) is 51.4 Å². The third-order valence-electron chi connectivity index (χ3n) is 3.97. The van der Waals surface area contributed by atoms with Crippen LogP contribution in [0.1, 0.15) is 38.1 Å². The normalized spacial score (nSPS) is 12.6. The molecule has 0 fully saturated rings. The molecule has 0 saturated carbocycles. The van der Waals surface area contributed by atoms with E-state index in [0.29, 0.717) is 23.3 Å². The number of alkyl carbamates (subject to hydrolysis) is 1. The minimum absolute atomic E-state index is 0.101. The van der Waals surface area contributed by atoms with Gasteiger partial charge in [0.05, 0.1) is 16.4 Å². The number of hydrogen-bond acceptors (Lipinski definition) is 7. The number of ether oxygens (including phenoxy) is 1. The van der Waals surface area contributed by atoms with Gasteiger partial charge in [-0.2, -0.15) is 4.98 Å². The Bertz CT molecular complexity index is 1050. The van der Waals surface area contributed by atoms with E-state index < -0.39 is 17.5 Å². The van der Waals surface area contributed by atoms with Gasteiger partial charge in [0.25, 0.3) is 0 Å². The topological polar surface area (TPSA) is 89.0 Å². The fraction of sp³-hybridized carbons (Fsp3) is 0.400. The van der Waals surface area contributed by atoms with Crippen molar-refractivity contribution in [2.45, 2.75) is 52.3 Å². The van der Waals surface area contributed by atoms with E-state index in [1.807, 2.05) is 33.8 Å². The Hall–Kier alpha value is -2.52. The highest BCUT2D eigenvalue weighted by atomic mass is 35.5. The minimum atomic E-state index is -0.553. The second-order valence-corrected chi connectivity index (χ2v) is 9.32. The predicted octanol–water partition coefficient (Wildman–Crippen LogP) is 4.95. The van der Waals surface area contributed by atoms with Gasteiger partial charge in [0.15, 0.2) is 0 Å². The van der Waals surface area contributed by atoms with E-state index >= 15 is 0 Å². The SMILES string of the molecule is C[C@@H](Cc1cc2nc(Cl)nc(NCc3ccncc3F)c2s1)NC(=O)OC(C)(C)C. The largest absolute Gasteiger partial charge is 0.444 e. The molecule has 10 heteroatoms. The number of halogens is 2. The fourth-order valence-corrected chi connectivity index (χ4v) is 4.12. The van der Waals surface area contributed by atoms with Gasteiger partial charge in [-0.15, -0.1) is 11.3 Å². The summed E-state index contributed by atoms with van der Waals surface area (Å²) in [5, 5.41) is 6.06. The second-order valence-electron chi connectivity index (χ2n) is 7.84. The van der Waals surface area contributed by atoms with Gasteiger partial charge in [0, 0.05) is 35.6 Å². The standard InChI is InChI=1S/C20H23ClFN5O2S/c1-11(25-19(28)29-20(2,3)4)7-13-8-15-16(30-13)17(27-18(21)26-15)24-9-12-5-6-23-10-14(12)22/h5-6,8,10-11H,7,9H2,1-4H3,(H,25,28)(H,24,26,27)/t11-/m0/s1. The smallest absolute Gasteiger partial charge is 0.407 e. The van der Waals surface area contributed by atoms with Crippen molar-refractivity contribution in [3.63, 3.8) is 0 Å². The van der Waals surface area contributed by atoms with E-state index in [1.165, 1.54) is 23.7 Å². The lowest BCUT2D eigenvalue weighted by Gasteiger charge is -2.21. The summed E-state index contributed by atoms with van der Waals surface area (Å²) in [6.07, 6.45) is 2.84. The molecule has 0 unspecified atom stereocenters. The van der Waals surface area contributed by atoms with Gasteiger partial charge in [0.1, 0.15) is 17.2 Å². The van der Waals surface area contributed by atoms with Crippen molar-refractivity contribution in [2.75, 3.05) is 5.32 Å². The average Bonchev–Trinajstić information content (AvgIpc) is 3.00. The minimum Gasteiger partial charge on any atom is -0.444 e. The number of nitrogens with zero attached hydrogens (tertiary/aromatic N) is 3. The molecule has 1 amide bonds. The van der Waals surface area contributed by atoms with Gasteiger partial charge in [0.2, 0.25) is 5.28 Å². The van der Waals surface area contributed by atoms with Crippen molar-refractivity contribution in [3.05, 3.63) is 46.1 Å². The number of amides is 1. The molecule has 0 aliphatic carbocycles. The number of pyridine rings is 1. The van der Waals surface area contributed by atoms with Gasteiger partial charge < -0.3 is 15.4 Å². The third kappa shape index (κ3) is 5.99. The summed E-state index contributed by atoms with van der Waals surface area (Å²) in [6, 6.07) is 3.38. The van der Waals surface area contributed by atoms with Crippen LogP contribution in [-0.2, 0) is 17.7 Å². The van der Waals surface area contributed by atoms with E-state index in [4.69, 9.17) is 16.3 Å². The number of nitrogens with one attached hydrogen (secondary N) is 2. The molecule has 3 aromatic rings. The Morgan fingerprint density at radius 2 is 2.13 bits per heavy atom. The maximum absolute atomic E-state index is 13.8. The summed E-state index contributed by atoms with van der Waals surface area (Å²) in [6.45, 7) is 7.59. The van der Waals surface area contributed by atoms with Crippen molar-refractivity contribution in [1.29, 1.82) is 0 Å². The highest BCUT2D eigenvalue weighted by Gasteiger charge is 2.19. The Morgan fingerprint density at radius 1 is 1.37 bits per heavy atom. The van der Waals surface area contributed by atoms with Crippen molar-refractivity contribution < 1.29 is 13.9 Å². The highest BCUT2D eigenvalue weighted by Crippen LogP contribution is 2.32. The average molecular weight is 452 g/mol. The lowest BCUT2D eigenvalue weighted by molar-refractivity contribution is 0.0508. The molecule has 0 aliphatic rings. The number of carbonyl (C=O) groups excluding carboxylic acids is 1. The summed E-state index contributed by atoms with van der Waals surface area (Å²) in [7, 11) is 0. The van der Waals surface area contributed by atoms with Gasteiger partial charge in [-0.1, -0.05) is 0 Å². The van der Waals surface area contributed by atoms with Crippen LogP contribution in [-0.4, -0.2) is 32.7 Å². The number of thiophene rings is 1. The van der Waals surface area contributed by atoms with Crippen LogP contribution in [0.15, 0.2) is 24.5 Å². The molecule has 0 bridgehead atoms. The first kappa shape index (κ1) is 22.2. The first-order valence-electron chi connectivity index (χ1n) is 9.38. The maximum Gasteiger partial charge on any atom is 0.407 e. The van der Waals surface area contributed by atoms with Crippen LogP contribution in [0.3, 0.4) is 0 Å². The van der Waals surface area contributed by atoms with Crippen molar-refractivity contribution in [1.82, 2.24) is 20.3 Å². The molecule has 3 aromatic heterocycles. The maximum atomic E-state index is 13.8. The molecule has 1 atom stereocenters. The molecule has 0 saturated heterocycles. The lowest BCUT2D eigenvalue weighted by Crippen LogP contribution is -2.38. The summed E-state index contributed by atoms with van der Waals surface area (Å²) < 4.78 is 19.9. The van der Waals surface area contributed by atoms with E-state index in [-0.39, 0.29) is 17.9 Å². The monoisotopic (exact) mass is 451 g/mol. The molecular weight excluding hydrogens is 429 g/mol. The van der Waals surface area contributed by atoms with E-state index in [9.17, 15) is 9.18 Å². The van der Waals surface area contributed by atoms with Crippen molar-refractivity contribution in [3.8, 4) is 0 Å². The molecule has 7 nitrogen and oxygen atoms in total. The molecule has 3 rings (SSSR count). The molecule has 2 N–H and O–H groups in total. The number of fused-ring (bicyclic) bond motifs is 1. The van der Waals surface area contributed by atoms with E-state index in [1.54, 1.807) is 6.07 Å². The predicted molar refractivity (Wildman–Crippen MR) is 116 cm³/mol. The zero-order chi connectivity index (χ0) is 21.9. The highest BCUT2D eigenvalue weighted by molar-refractivity contribution is 7.19. The van der Waals surface area contributed by atoms with E-state index in [0.717, 1.165) is 9.58 Å². The van der Waals surface area contributed by atoms with Crippen LogP contribution in [0.4, 0.5) is 15.0 Å². The van der Waals surface area contributed by atoms with Crippen LogP contribution >= 0.6 is 22.9 Å². The summed E-state index contributed by atoms with van der Waals surface area (Å²) in [5.74, 6) is 0.139. The second kappa shape index (κ2) is 9.09. The van der Waals surface area contributed by atoms with Crippen LogP contribution < -0.4 is 10.6 Å². The molecule has 0 aromatic carbocycles. The molecule has 0 radical (unpaired) electrons. The molecule has 0 spiro atoms. The first-order chi connectivity index (χ1) is 14.1. The van der Waals surface area contributed by atoms with Gasteiger partial charge in [-0.3, -0.25) is 4.98 Å². The molecule has 3 heterocycles. The lowest BCUT2D eigenvalue weighted by atomic mass is 10.2. The van der Waals surface area contributed by atoms with Crippen LogP contribution in [0.25, 0.3) is 10.2 Å². The zero-order valence-electron chi connectivity index (χ0n) is 17.1. The summed E-state index contributed by atoms with van der Waals surface area (Å²) in [5.41, 5.74) is 0.611. The zero-order valence-corrected chi connectivity index (χ0v) is 18.7. The van der Waals surface area contributed by atoms with Crippen LogP contribution in [0.5, 0.6) is 0 Å². The molecule has 0 aliphatic heterocycles. The third-order valence-corrected chi connectivity index (χ3v) is 5.29. The summed E-state index contributed by atoms with van der Waals surface area (Å²) >= 11 is 7.56. The number of anilines is 1. The number of aromatic nitrogens is 3. The first-order valence-corrected chi connectivity index (χ1v) is 10.6. The number of hydrogen-bond donors (Lipinski definition) is 2. The Labute approximate surface area is 183 Å². The Kier molecular flexibility index (Phi) is 6.72. The van der Waals surface area contributed by atoms with Gasteiger partial charge in [-0.25, -0.2) is 14.2 Å².